The fourth-order valence-corrected chi connectivity index (χ4v) is 2.57. The second-order valence-electron chi connectivity index (χ2n) is 5.52. The molecule has 0 bridgehead atoms. The SMILES string of the molecule is COC(=O)c1cc(CN(C)CC(=O)Nc2ccc(Cl)c(Cl)c2)oc1C. The van der Waals surface area contributed by atoms with Crippen molar-refractivity contribution in [2.45, 2.75) is 13.5 Å². The van der Waals surface area contributed by atoms with E-state index in [1.54, 1.807) is 43.1 Å². The molecule has 2 rings (SSSR count). The molecule has 8 heteroatoms. The fourth-order valence-electron chi connectivity index (χ4n) is 2.28. The number of halogens is 2. The molecule has 2 aromatic rings. The van der Waals surface area contributed by atoms with Crippen molar-refractivity contribution in [2.75, 3.05) is 26.0 Å². The molecule has 1 heterocycles. The third-order valence-electron chi connectivity index (χ3n) is 3.42. The number of esters is 1. The van der Waals surface area contributed by atoms with Crippen LogP contribution in [0.5, 0.6) is 0 Å². The molecule has 1 N–H and O–H groups in total. The number of nitrogens with zero attached hydrogens (tertiary/aromatic N) is 1. The number of hydrogen-bond acceptors (Lipinski definition) is 5. The summed E-state index contributed by atoms with van der Waals surface area (Å²) in [6, 6.07) is 6.49. The van der Waals surface area contributed by atoms with Crippen molar-refractivity contribution in [2.24, 2.45) is 0 Å². The average molecular weight is 385 g/mol. The van der Waals surface area contributed by atoms with Gasteiger partial charge < -0.3 is 14.5 Å². The molecule has 0 unspecified atom stereocenters. The lowest BCUT2D eigenvalue weighted by Gasteiger charge is -2.15. The van der Waals surface area contributed by atoms with Gasteiger partial charge in [0.05, 0.1) is 30.2 Å². The zero-order chi connectivity index (χ0) is 18.6. The third-order valence-corrected chi connectivity index (χ3v) is 4.16. The van der Waals surface area contributed by atoms with Gasteiger partial charge in [-0.3, -0.25) is 9.69 Å². The van der Waals surface area contributed by atoms with E-state index in [1.165, 1.54) is 7.11 Å². The second kappa shape index (κ2) is 8.38. The number of aryl methyl sites for hydroxylation is 1. The van der Waals surface area contributed by atoms with Gasteiger partial charge in [0.2, 0.25) is 5.91 Å². The summed E-state index contributed by atoms with van der Waals surface area (Å²) < 4.78 is 10.2. The van der Waals surface area contributed by atoms with Gasteiger partial charge >= 0.3 is 5.97 Å². The van der Waals surface area contributed by atoms with E-state index >= 15 is 0 Å². The van der Waals surface area contributed by atoms with Crippen LogP contribution in [0.3, 0.4) is 0 Å². The minimum atomic E-state index is -0.451. The highest BCUT2D eigenvalue weighted by molar-refractivity contribution is 6.42. The first-order chi connectivity index (χ1) is 11.8. The number of hydrogen-bond donors (Lipinski definition) is 1. The van der Waals surface area contributed by atoms with E-state index in [9.17, 15) is 9.59 Å². The molecule has 0 saturated heterocycles. The topological polar surface area (TPSA) is 71.8 Å². The summed E-state index contributed by atoms with van der Waals surface area (Å²) in [7, 11) is 3.08. The minimum Gasteiger partial charge on any atom is -0.465 e. The average Bonchev–Trinajstić information content (AvgIpc) is 2.90. The van der Waals surface area contributed by atoms with Crippen molar-refractivity contribution in [3.63, 3.8) is 0 Å². The molecule has 1 aromatic carbocycles. The Bertz CT molecular complexity index is 789. The lowest BCUT2D eigenvalue weighted by atomic mass is 10.2. The standard InChI is InChI=1S/C17H18Cl2N2O4/c1-10-13(17(23)24-3)7-12(25-10)8-21(2)9-16(22)20-11-4-5-14(18)15(19)6-11/h4-7H,8-9H2,1-3H3,(H,20,22). The Morgan fingerprint density at radius 1 is 1.24 bits per heavy atom. The van der Waals surface area contributed by atoms with Gasteiger partial charge in [-0.1, -0.05) is 23.2 Å². The number of anilines is 1. The Hall–Kier alpha value is -2.02. The van der Waals surface area contributed by atoms with Gasteiger partial charge in [-0.2, -0.15) is 0 Å². The minimum absolute atomic E-state index is 0.132. The first-order valence-corrected chi connectivity index (χ1v) is 8.16. The highest BCUT2D eigenvalue weighted by Gasteiger charge is 2.17. The summed E-state index contributed by atoms with van der Waals surface area (Å²) >= 11 is 11.8. The van der Waals surface area contributed by atoms with Crippen LogP contribution in [0.2, 0.25) is 10.0 Å². The molecule has 0 atom stereocenters. The number of amides is 1. The van der Waals surface area contributed by atoms with Crippen LogP contribution in [-0.2, 0) is 16.1 Å². The van der Waals surface area contributed by atoms with Crippen LogP contribution >= 0.6 is 23.2 Å². The summed E-state index contributed by atoms with van der Waals surface area (Å²) in [6.07, 6.45) is 0. The van der Waals surface area contributed by atoms with Gasteiger partial charge in [-0.05, 0) is 38.2 Å². The highest BCUT2D eigenvalue weighted by Crippen LogP contribution is 2.25. The number of likely N-dealkylation sites (N-methyl/N-ethyl adjacent to an activating group) is 1. The Labute approximate surface area is 155 Å². The molecule has 0 saturated carbocycles. The van der Waals surface area contributed by atoms with Crippen molar-refractivity contribution in [3.05, 3.63) is 51.4 Å². The Balaban J connectivity index is 1.93. The second-order valence-corrected chi connectivity index (χ2v) is 6.34. The number of nitrogens with one attached hydrogen (secondary N) is 1. The first-order valence-electron chi connectivity index (χ1n) is 7.41. The van der Waals surface area contributed by atoms with E-state index < -0.39 is 5.97 Å². The van der Waals surface area contributed by atoms with Crippen LogP contribution < -0.4 is 5.32 Å². The number of furan rings is 1. The molecule has 0 aliphatic heterocycles. The summed E-state index contributed by atoms with van der Waals surface area (Å²) in [5, 5.41) is 3.53. The van der Waals surface area contributed by atoms with Gasteiger partial charge in [0.1, 0.15) is 17.1 Å². The van der Waals surface area contributed by atoms with Gasteiger partial charge in [0, 0.05) is 5.69 Å². The molecule has 134 valence electrons. The van der Waals surface area contributed by atoms with Gasteiger partial charge in [0.25, 0.3) is 0 Å². The van der Waals surface area contributed by atoms with E-state index in [1.807, 2.05) is 0 Å². The maximum absolute atomic E-state index is 12.1. The maximum Gasteiger partial charge on any atom is 0.341 e. The quantitative estimate of drug-likeness (QED) is 0.767. The van der Waals surface area contributed by atoms with Crippen LogP contribution in [0.4, 0.5) is 5.69 Å². The molecule has 1 amide bonds. The summed E-state index contributed by atoms with van der Waals surface area (Å²) in [6.45, 7) is 2.19. The molecule has 0 aliphatic carbocycles. The lowest BCUT2D eigenvalue weighted by Crippen LogP contribution is -2.29. The largest absolute Gasteiger partial charge is 0.465 e. The van der Waals surface area contributed by atoms with E-state index in [0.717, 1.165) is 0 Å². The monoisotopic (exact) mass is 384 g/mol. The van der Waals surface area contributed by atoms with Gasteiger partial charge in [0.15, 0.2) is 0 Å². The number of rotatable bonds is 6. The summed E-state index contributed by atoms with van der Waals surface area (Å²) in [5.41, 5.74) is 0.945. The molecule has 6 nitrogen and oxygen atoms in total. The van der Waals surface area contributed by atoms with Crippen LogP contribution in [0.25, 0.3) is 0 Å². The van der Waals surface area contributed by atoms with Crippen molar-refractivity contribution in [3.8, 4) is 0 Å². The molecule has 0 fully saturated rings. The molecule has 0 radical (unpaired) electrons. The number of carbonyl (C=O) groups excluding carboxylic acids is 2. The number of ether oxygens (including phenoxy) is 1. The van der Waals surface area contributed by atoms with Crippen molar-refractivity contribution >= 4 is 40.8 Å². The predicted molar refractivity (Wildman–Crippen MR) is 96.2 cm³/mol. The Morgan fingerprint density at radius 2 is 1.96 bits per heavy atom. The van der Waals surface area contributed by atoms with Crippen molar-refractivity contribution < 1.29 is 18.7 Å². The molecule has 1 aromatic heterocycles. The van der Waals surface area contributed by atoms with Crippen LogP contribution in [0.15, 0.2) is 28.7 Å². The number of methoxy groups -OCH3 is 1. The normalized spacial score (nSPS) is 10.8. The molecular formula is C17H18Cl2N2O4. The molecule has 0 aliphatic rings. The van der Waals surface area contributed by atoms with Gasteiger partial charge in [-0.25, -0.2) is 4.79 Å². The maximum atomic E-state index is 12.1. The van der Waals surface area contributed by atoms with Crippen molar-refractivity contribution in [1.29, 1.82) is 0 Å². The Morgan fingerprint density at radius 3 is 2.60 bits per heavy atom. The summed E-state index contributed by atoms with van der Waals surface area (Å²) in [5.74, 6) is 0.392. The number of carbonyl (C=O) groups is 2. The zero-order valence-corrected chi connectivity index (χ0v) is 15.6. The van der Waals surface area contributed by atoms with E-state index in [-0.39, 0.29) is 12.5 Å². The third kappa shape index (κ3) is 5.22. The van der Waals surface area contributed by atoms with Crippen molar-refractivity contribution in [1.82, 2.24) is 4.90 Å². The van der Waals surface area contributed by atoms with E-state index in [2.05, 4.69) is 10.1 Å². The molecule has 25 heavy (non-hydrogen) atoms. The lowest BCUT2D eigenvalue weighted by molar-refractivity contribution is -0.117. The first kappa shape index (κ1) is 19.3. The van der Waals surface area contributed by atoms with E-state index in [4.69, 9.17) is 27.6 Å². The number of benzene rings is 1. The van der Waals surface area contributed by atoms with E-state index in [0.29, 0.717) is 39.4 Å². The fraction of sp³-hybridized carbons (Fsp3) is 0.294. The highest BCUT2D eigenvalue weighted by atomic mass is 35.5. The van der Waals surface area contributed by atoms with Crippen LogP contribution in [0, 0.1) is 6.92 Å². The molecular weight excluding hydrogens is 367 g/mol. The summed E-state index contributed by atoms with van der Waals surface area (Å²) in [4.78, 5) is 25.4. The van der Waals surface area contributed by atoms with Gasteiger partial charge in [-0.15, -0.1) is 0 Å². The van der Waals surface area contributed by atoms with Crippen LogP contribution in [-0.4, -0.2) is 37.5 Å². The molecule has 0 spiro atoms. The predicted octanol–water partition coefficient (Wildman–Crippen LogP) is 3.75. The zero-order valence-electron chi connectivity index (χ0n) is 14.1. The Kier molecular flexibility index (Phi) is 6.47. The smallest absolute Gasteiger partial charge is 0.341 e. The van der Waals surface area contributed by atoms with Crippen LogP contribution in [0.1, 0.15) is 21.9 Å².